The van der Waals surface area contributed by atoms with Crippen LogP contribution in [0.1, 0.15) is 11.5 Å². The molecule has 0 spiro atoms. The van der Waals surface area contributed by atoms with Crippen molar-refractivity contribution in [3.05, 3.63) is 162 Å². The molecule has 4 heterocycles. The molecule has 0 amide bonds. The van der Waals surface area contributed by atoms with E-state index >= 15 is 0 Å². The zero-order valence-corrected chi connectivity index (χ0v) is 34.4. The number of carbonyl (C=O) groups excluding carboxylic acids is 4. The van der Waals surface area contributed by atoms with Crippen LogP contribution in [0.15, 0.2) is 134 Å². The van der Waals surface area contributed by atoms with Crippen LogP contribution in [-0.2, 0) is 19.2 Å². The van der Waals surface area contributed by atoms with Crippen molar-refractivity contribution in [3.63, 3.8) is 0 Å². The number of hydrogen-bond donors (Lipinski definition) is 2. The maximum Gasteiger partial charge on any atom is 0.373 e. The van der Waals surface area contributed by atoms with E-state index in [1.165, 1.54) is 42.9 Å². The first-order chi connectivity index (χ1) is 31.6. The van der Waals surface area contributed by atoms with E-state index in [0.29, 0.717) is 33.8 Å². The molecule has 2 N–H and O–H groups in total. The van der Waals surface area contributed by atoms with Gasteiger partial charge in [-0.2, -0.15) is 19.2 Å². The van der Waals surface area contributed by atoms with Crippen molar-refractivity contribution in [2.45, 2.75) is 26.1 Å². The van der Waals surface area contributed by atoms with Crippen LogP contribution in [0, 0.1) is 25.5 Å². The third-order valence-electron chi connectivity index (χ3n) is 8.78. The average Bonchev–Trinajstić information content (AvgIpc) is 3.26. The molecular formula is C46H34F2O18. The van der Waals surface area contributed by atoms with E-state index in [2.05, 4.69) is 0 Å². The van der Waals surface area contributed by atoms with Gasteiger partial charge in [0.2, 0.25) is 0 Å². The number of hydrogen-bond acceptors (Lipinski definition) is 18. The smallest absolute Gasteiger partial charge is 0.373 e. The second-order valence-electron chi connectivity index (χ2n) is 13.6. The molecule has 0 saturated heterocycles. The summed E-state index contributed by atoms with van der Waals surface area (Å²) in [5.41, 5.74) is -0.325. The van der Waals surface area contributed by atoms with E-state index in [9.17, 15) is 38.2 Å². The van der Waals surface area contributed by atoms with E-state index in [1.54, 1.807) is 44.2 Å². The van der Waals surface area contributed by atoms with Crippen molar-refractivity contribution in [3.8, 4) is 23.0 Å². The molecule has 8 rings (SSSR count). The lowest BCUT2D eigenvalue weighted by Crippen LogP contribution is -2.25. The summed E-state index contributed by atoms with van der Waals surface area (Å²) in [6, 6.07) is 19.1. The second kappa shape index (κ2) is 22.7. The standard InChI is InChI=1S/2C22H17FO7.2CO2/c1-12-6-18(26)16-9-15(2-3-19(16)30-12)28-10-14(24)11-29-21-8-13(23)7-20-22(21)17(25)4-5-27-20;1-12-7-16(26)22-17(3-2-4-18(22)30-12)28-10-14(24)11-29-20-9-13(23)8-19-21(20)15(25)5-6-27-19;2*2-1-3/h2*2-9,14,24H,10-11H2,1H3;;/i2*23-1;;. The summed E-state index contributed by atoms with van der Waals surface area (Å²) in [6.45, 7) is 2.49. The molecule has 20 heteroatoms. The minimum Gasteiger partial charge on any atom is -0.491 e. The highest BCUT2D eigenvalue weighted by atomic mass is 18.2. The van der Waals surface area contributed by atoms with Crippen molar-refractivity contribution in [2.24, 2.45) is 0 Å². The molecule has 2 atom stereocenters. The highest BCUT2D eigenvalue weighted by Crippen LogP contribution is 2.27. The highest BCUT2D eigenvalue weighted by molar-refractivity contribution is 5.85. The Bertz CT molecular complexity index is 3290. The lowest BCUT2D eigenvalue weighted by molar-refractivity contribution is -0.193. The Kier molecular flexibility index (Phi) is 16.7. The second-order valence-corrected chi connectivity index (χ2v) is 13.6. The number of aryl methyl sites for hydroxylation is 2. The lowest BCUT2D eigenvalue weighted by atomic mass is 10.2. The van der Waals surface area contributed by atoms with E-state index in [0.717, 1.165) is 24.3 Å². The van der Waals surface area contributed by atoms with Gasteiger partial charge in [-0.05, 0) is 44.2 Å². The van der Waals surface area contributed by atoms with Gasteiger partial charge in [0.05, 0.1) is 17.9 Å². The van der Waals surface area contributed by atoms with Gasteiger partial charge < -0.3 is 46.8 Å². The molecule has 0 saturated carbocycles. The molecule has 66 heavy (non-hydrogen) atoms. The lowest BCUT2D eigenvalue weighted by Gasteiger charge is -2.15. The number of rotatable bonds is 12. The molecule has 4 aromatic carbocycles. The Morgan fingerprint density at radius 3 is 1.50 bits per heavy atom. The molecule has 0 bridgehead atoms. The van der Waals surface area contributed by atoms with Gasteiger partial charge in [0, 0.05) is 48.5 Å². The van der Waals surface area contributed by atoms with Gasteiger partial charge in [-0.25, -0.2) is 8.78 Å². The first kappa shape index (κ1) is 48.5. The SMILES string of the molecule is Cc1cc(=O)c2c(OCC(O)COc3cc([18F])cc4occc(=O)c34)cccc2o1.Cc1cc(=O)c2cc(OCC(O)COc3cc([18F])cc4occc(=O)c34)ccc2o1.O=C=O.O=C=O. The fourth-order valence-electron chi connectivity index (χ4n) is 6.13. The van der Waals surface area contributed by atoms with Gasteiger partial charge >= 0.3 is 12.3 Å². The minimum absolute atomic E-state index is 0.0305. The molecule has 2 unspecified atom stereocenters. The Labute approximate surface area is 367 Å². The van der Waals surface area contributed by atoms with Gasteiger partial charge in [-0.1, -0.05) is 6.07 Å². The predicted octanol–water partition coefficient (Wildman–Crippen LogP) is 5.16. The van der Waals surface area contributed by atoms with Crippen LogP contribution >= 0.6 is 0 Å². The molecule has 0 radical (unpaired) electrons. The van der Waals surface area contributed by atoms with Crippen LogP contribution in [-0.4, -0.2) is 61.2 Å². The first-order valence-electron chi connectivity index (χ1n) is 19.0. The van der Waals surface area contributed by atoms with Gasteiger partial charge in [0.1, 0.15) is 123 Å². The largest absolute Gasteiger partial charge is 0.491 e. The van der Waals surface area contributed by atoms with Crippen LogP contribution in [0.25, 0.3) is 43.9 Å². The Morgan fingerprint density at radius 1 is 0.515 bits per heavy atom. The molecular weight excluding hydrogens is 876 g/mol. The maximum atomic E-state index is 13.8. The Hall–Kier alpha value is -8.54. The molecule has 0 fully saturated rings. The third-order valence-corrected chi connectivity index (χ3v) is 8.78. The van der Waals surface area contributed by atoms with Crippen LogP contribution in [0.4, 0.5) is 8.78 Å². The fraction of sp³-hybridized carbons (Fsp3) is 0.174. The molecule has 340 valence electrons. The summed E-state index contributed by atoms with van der Waals surface area (Å²) in [6.07, 6.45) is 0.636. The molecule has 18 nitrogen and oxygen atoms in total. The van der Waals surface area contributed by atoms with Gasteiger partial charge in [-0.15, -0.1) is 0 Å². The molecule has 8 aromatic rings. The monoisotopic (exact) mass is 910 g/mol. The summed E-state index contributed by atoms with van der Waals surface area (Å²) in [4.78, 5) is 80.9. The first-order valence-corrected chi connectivity index (χ1v) is 19.0. The van der Waals surface area contributed by atoms with Crippen molar-refractivity contribution >= 4 is 56.2 Å². The zero-order valence-electron chi connectivity index (χ0n) is 34.4. The minimum atomic E-state index is -1.12. The van der Waals surface area contributed by atoms with Crippen molar-refractivity contribution in [2.75, 3.05) is 26.4 Å². The highest BCUT2D eigenvalue weighted by Gasteiger charge is 2.17. The summed E-state index contributed by atoms with van der Waals surface area (Å²) in [5, 5.41) is 21.2. The quantitative estimate of drug-likeness (QED) is 0.160. The van der Waals surface area contributed by atoms with Crippen LogP contribution in [0.2, 0.25) is 0 Å². The normalized spacial score (nSPS) is 11.4. The van der Waals surface area contributed by atoms with E-state index < -0.39 is 29.3 Å². The number of halogens is 2. The van der Waals surface area contributed by atoms with Gasteiger partial charge in [0.25, 0.3) is 0 Å². The summed E-state index contributed by atoms with van der Waals surface area (Å²) >= 11 is 0. The average molecular weight is 911 g/mol. The van der Waals surface area contributed by atoms with Gasteiger partial charge in [0.15, 0.2) is 21.7 Å². The van der Waals surface area contributed by atoms with Crippen LogP contribution in [0.3, 0.4) is 0 Å². The molecule has 0 aliphatic heterocycles. The number of aliphatic hydroxyl groups excluding tert-OH is 2. The van der Waals surface area contributed by atoms with Crippen molar-refractivity contribution < 1.29 is 74.8 Å². The van der Waals surface area contributed by atoms with Crippen molar-refractivity contribution in [1.82, 2.24) is 0 Å². The summed E-state index contributed by atoms with van der Waals surface area (Å²) < 4.78 is 70.8. The number of ether oxygens (including phenoxy) is 4. The number of fused-ring (bicyclic) bond motifs is 4. The fourth-order valence-corrected chi connectivity index (χ4v) is 6.13. The Balaban J connectivity index is 0.000000221. The predicted molar refractivity (Wildman–Crippen MR) is 223 cm³/mol. The topological polar surface area (TPSA) is 266 Å². The maximum absolute atomic E-state index is 13.8. The third kappa shape index (κ3) is 12.6. The number of aliphatic hydroxyl groups is 2. The van der Waals surface area contributed by atoms with E-state index in [-0.39, 0.29) is 99.6 Å². The summed E-state index contributed by atoms with van der Waals surface area (Å²) in [5.74, 6) is 0.263. The van der Waals surface area contributed by atoms with Crippen LogP contribution < -0.4 is 40.7 Å². The zero-order chi connectivity index (χ0) is 47.9. The molecule has 0 aliphatic rings. The van der Waals surface area contributed by atoms with E-state index in [4.69, 9.17) is 55.8 Å². The molecule has 0 aliphatic carbocycles. The number of benzene rings is 4. The summed E-state index contributed by atoms with van der Waals surface area (Å²) in [7, 11) is 0. The van der Waals surface area contributed by atoms with Crippen LogP contribution in [0.5, 0.6) is 23.0 Å². The van der Waals surface area contributed by atoms with Gasteiger partial charge in [-0.3, -0.25) is 19.2 Å². The molecule has 4 aromatic heterocycles. The Morgan fingerprint density at radius 2 is 0.970 bits per heavy atom. The van der Waals surface area contributed by atoms with Crippen molar-refractivity contribution in [1.29, 1.82) is 0 Å². The van der Waals surface area contributed by atoms with E-state index in [1.807, 2.05) is 0 Å².